The summed E-state index contributed by atoms with van der Waals surface area (Å²) in [4.78, 5) is 2.62. The monoisotopic (exact) mass is 307 g/mol. The first-order chi connectivity index (χ1) is 10.3. The van der Waals surface area contributed by atoms with Gasteiger partial charge >= 0.3 is 0 Å². The summed E-state index contributed by atoms with van der Waals surface area (Å²) in [5, 5.41) is 4.45. The number of rotatable bonds is 4. The van der Waals surface area contributed by atoms with E-state index in [0.29, 0.717) is 17.4 Å². The smallest absolute Gasteiger partial charge is 0.288 e. The number of ether oxygens (including phenoxy) is 2. The molecule has 2 heterocycles. The van der Waals surface area contributed by atoms with Crippen LogP contribution in [0.15, 0.2) is 28.7 Å². The second-order valence-electron chi connectivity index (χ2n) is 4.77. The van der Waals surface area contributed by atoms with Crippen molar-refractivity contribution in [3.63, 3.8) is 0 Å². The lowest BCUT2D eigenvalue weighted by molar-refractivity contribution is 0.0206. The predicted octanol–water partition coefficient (Wildman–Crippen LogP) is 2.17. The molecule has 1 aliphatic rings. The molecule has 0 radical (unpaired) electrons. The Balaban J connectivity index is 1.78. The lowest BCUT2D eigenvalue weighted by atomic mass is 10.2. The maximum atomic E-state index is 5.58. The quantitative estimate of drug-likeness (QED) is 0.807. The highest BCUT2D eigenvalue weighted by Gasteiger charge is 2.14. The van der Waals surface area contributed by atoms with Gasteiger partial charge in [0, 0.05) is 18.7 Å². The molecule has 0 amide bonds. The molecule has 6 nitrogen and oxygen atoms in total. The molecule has 0 saturated carbocycles. The van der Waals surface area contributed by atoms with E-state index in [1.165, 1.54) is 0 Å². The molecular formula is C14H17N3O3S. The molecule has 1 saturated heterocycles. The van der Waals surface area contributed by atoms with Gasteiger partial charge < -0.3 is 13.9 Å². The first-order valence-electron chi connectivity index (χ1n) is 6.79. The fourth-order valence-corrected chi connectivity index (χ4v) is 2.36. The van der Waals surface area contributed by atoms with Crippen LogP contribution in [0.5, 0.6) is 5.75 Å². The van der Waals surface area contributed by atoms with E-state index < -0.39 is 0 Å². The Morgan fingerprint density at radius 3 is 2.62 bits per heavy atom. The highest BCUT2D eigenvalue weighted by Crippen LogP contribution is 2.21. The van der Waals surface area contributed by atoms with E-state index in [-0.39, 0.29) is 0 Å². The minimum Gasteiger partial charge on any atom is -0.497 e. The molecule has 1 aromatic carbocycles. The first kappa shape index (κ1) is 14.2. The van der Waals surface area contributed by atoms with Crippen LogP contribution >= 0.6 is 12.2 Å². The second kappa shape index (κ2) is 6.38. The van der Waals surface area contributed by atoms with Crippen LogP contribution in [0.1, 0.15) is 0 Å². The van der Waals surface area contributed by atoms with Gasteiger partial charge in [0.2, 0.25) is 5.89 Å². The van der Waals surface area contributed by atoms with Crippen LogP contribution in [0, 0.1) is 4.84 Å². The average molecular weight is 307 g/mol. The van der Waals surface area contributed by atoms with Crippen molar-refractivity contribution in [1.29, 1.82) is 0 Å². The topological polar surface area (TPSA) is 52.7 Å². The molecule has 21 heavy (non-hydrogen) atoms. The van der Waals surface area contributed by atoms with Gasteiger partial charge in [0.25, 0.3) is 4.84 Å². The van der Waals surface area contributed by atoms with E-state index in [1.807, 2.05) is 24.3 Å². The molecule has 2 aromatic rings. The highest BCUT2D eigenvalue weighted by atomic mass is 32.1. The summed E-state index contributed by atoms with van der Waals surface area (Å²) in [6.45, 7) is 3.88. The third kappa shape index (κ3) is 3.31. The van der Waals surface area contributed by atoms with E-state index in [1.54, 1.807) is 11.8 Å². The Hall–Kier alpha value is -1.70. The summed E-state index contributed by atoms with van der Waals surface area (Å²) in [5.41, 5.74) is 0.877. The van der Waals surface area contributed by atoms with E-state index in [0.717, 1.165) is 37.6 Å². The van der Waals surface area contributed by atoms with Crippen LogP contribution in [0.3, 0.4) is 0 Å². The van der Waals surface area contributed by atoms with Crippen molar-refractivity contribution < 1.29 is 13.9 Å². The Morgan fingerprint density at radius 2 is 1.95 bits per heavy atom. The Labute approximate surface area is 127 Å². The fourth-order valence-electron chi connectivity index (χ4n) is 2.18. The third-order valence-electron chi connectivity index (χ3n) is 3.38. The van der Waals surface area contributed by atoms with Gasteiger partial charge in [-0.25, -0.2) is 4.68 Å². The SMILES string of the molecule is COc1ccc(-c2nn(CN3CCOCC3)c(=S)o2)cc1. The van der Waals surface area contributed by atoms with Crippen molar-refractivity contribution in [3.05, 3.63) is 29.1 Å². The molecule has 7 heteroatoms. The summed E-state index contributed by atoms with van der Waals surface area (Å²) in [7, 11) is 1.64. The van der Waals surface area contributed by atoms with Gasteiger partial charge in [-0.2, -0.15) is 0 Å². The average Bonchev–Trinajstić information content (AvgIpc) is 2.89. The van der Waals surface area contributed by atoms with Crippen molar-refractivity contribution in [3.8, 4) is 17.2 Å². The zero-order chi connectivity index (χ0) is 14.7. The molecule has 112 valence electrons. The lowest BCUT2D eigenvalue weighted by Gasteiger charge is -2.25. The molecule has 1 aromatic heterocycles. The molecule has 0 aliphatic carbocycles. The molecule has 3 rings (SSSR count). The minimum absolute atomic E-state index is 0.382. The maximum Gasteiger partial charge on any atom is 0.288 e. The number of nitrogens with zero attached hydrogens (tertiary/aromatic N) is 3. The normalized spacial score (nSPS) is 16.0. The molecule has 0 spiro atoms. The van der Waals surface area contributed by atoms with Crippen LogP contribution < -0.4 is 4.74 Å². The molecule has 0 unspecified atom stereocenters. The van der Waals surface area contributed by atoms with E-state index in [4.69, 9.17) is 26.1 Å². The third-order valence-corrected chi connectivity index (χ3v) is 3.67. The standard InChI is InChI=1S/C14H17N3O3S/c1-18-12-4-2-11(3-5-12)13-15-17(14(21)20-13)10-16-6-8-19-9-7-16/h2-5H,6-10H2,1H3. The number of aromatic nitrogens is 2. The summed E-state index contributed by atoms with van der Waals surface area (Å²) in [6, 6.07) is 7.54. The fraction of sp³-hybridized carbons (Fsp3) is 0.429. The molecule has 0 bridgehead atoms. The molecule has 0 atom stereocenters. The van der Waals surface area contributed by atoms with Crippen LogP contribution in [-0.4, -0.2) is 48.1 Å². The van der Waals surface area contributed by atoms with Gasteiger partial charge in [0.1, 0.15) is 5.75 Å². The van der Waals surface area contributed by atoms with Crippen molar-refractivity contribution in [2.75, 3.05) is 33.4 Å². The van der Waals surface area contributed by atoms with Gasteiger partial charge in [-0.3, -0.25) is 4.90 Å². The van der Waals surface area contributed by atoms with Crippen LogP contribution in [0.2, 0.25) is 0 Å². The predicted molar refractivity (Wildman–Crippen MR) is 79.7 cm³/mol. The van der Waals surface area contributed by atoms with Crippen LogP contribution in [0.25, 0.3) is 11.5 Å². The number of morpholine rings is 1. The Bertz CT molecular complexity index is 644. The second-order valence-corrected chi connectivity index (χ2v) is 5.12. The van der Waals surface area contributed by atoms with Crippen molar-refractivity contribution in [2.45, 2.75) is 6.67 Å². The Kier molecular flexibility index (Phi) is 4.33. The zero-order valence-electron chi connectivity index (χ0n) is 11.8. The number of methoxy groups -OCH3 is 1. The number of hydrogen-bond acceptors (Lipinski definition) is 6. The van der Waals surface area contributed by atoms with E-state index >= 15 is 0 Å². The van der Waals surface area contributed by atoms with E-state index in [9.17, 15) is 0 Å². The van der Waals surface area contributed by atoms with Gasteiger partial charge in [-0.15, -0.1) is 5.10 Å². The van der Waals surface area contributed by atoms with Gasteiger partial charge in [0.05, 0.1) is 27.0 Å². The lowest BCUT2D eigenvalue weighted by Crippen LogP contribution is -2.37. The zero-order valence-corrected chi connectivity index (χ0v) is 12.6. The van der Waals surface area contributed by atoms with Crippen LogP contribution in [-0.2, 0) is 11.4 Å². The maximum absolute atomic E-state index is 5.58. The van der Waals surface area contributed by atoms with Crippen LogP contribution in [0.4, 0.5) is 0 Å². The highest BCUT2D eigenvalue weighted by molar-refractivity contribution is 7.71. The Morgan fingerprint density at radius 1 is 1.24 bits per heavy atom. The summed E-state index contributed by atoms with van der Waals surface area (Å²) >= 11 is 5.24. The number of hydrogen-bond donors (Lipinski definition) is 0. The van der Waals surface area contributed by atoms with Gasteiger partial charge in [-0.05, 0) is 36.5 Å². The van der Waals surface area contributed by atoms with Crippen molar-refractivity contribution in [1.82, 2.24) is 14.7 Å². The van der Waals surface area contributed by atoms with Crippen molar-refractivity contribution >= 4 is 12.2 Å². The van der Waals surface area contributed by atoms with Crippen molar-refractivity contribution in [2.24, 2.45) is 0 Å². The molecular weight excluding hydrogens is 290 g/mol. The van der Waals surface area contributed by atoms with Gasteiger partial charge in [-0.1, -0.05) is 0 Å². The molecule has 0 N–H and O–H groups in total. The number of benzene rings is 1. The minimum atomic E-state index is 0.382. The summed E-state index contributed by atoms with van der Waals surface area (Å²) in [6.07, 6.45) is 0. The largest absolute Gasteiger partial charge is 0.497 e. The summed E-state index contributed by atoms with van der Waals surface area (Å²) < 4.78 is 17.8. The summed E-state index contributed by atoms with van der Waals surface area (Å²) in [5.74, 6) is 1.32. The van der Waals surface area contributed by atoms with E-state index in [2.05, 4.69) is 10.00 Å². The molecule has 1 aliphatic heterocycles. The molecule has 1 fully saturated rings. The first-order valence-corrected chi connectivity index (χ1v) is 7.19. The van der Waals surface area contributed by atoms with Gasteiger partial charge in [0.15, 0.2) is 0 Å².